The molecule has 3 N–H and O–H groups in total. The van der Waals surface area contributed by atoms with Crippen LogP contribution in [0.5, 0.6) is 0 Å². The third-order valence-corrected chi connectivity index (χ3v) is 10.1. The second-order valence-electron chi connectivity index (χ2n) is 12.7. The number of carbonyl (C=O) groups is 2. The second kappa shape index (κ2) is 28.6. The van der Waals surface area contributed by atoms with Crippen LogP contribution in [0.15, 0.2) is 60.7 Å². The Balaban J connectivity index is 0.000000367. The first-order valence-electron chi connectivity index (χ1n) is 18.5. The Hall–Kier alpha value is -2.01. The first-order valence-corrected chi connectivity index (χ1v) is 20.1. The quantitative estimate of drug-likeness (QED) is 0.138. The van der Waals surface area contributed by atoms with E-state index in [1.165, 1.54) is 56.1 Å². The lowest BCUT2D eigenvalue weighted by molar-refractivity contribution is -0.140. The van der Waals surface area contributed by atoms with Gasteiger partial charge in [0.25, 0.3) is 0 Å². The van der Waals surface area contributed by atoms with E-state index in [1.807, 2.05) is 6.07 Å². The van der Waals surface area contributed by atoms with Gasteiger partial charge in [-0.25, -0.2) is 0 Å². The van der Waals surface area contributed by atoms with E-state index < -0.39 is 0 Å². The maximum atomic E-state index is 10.1. The summed E-state index contributed by atoms with van der Waals surface area (Å²) in [6.45, 7) is 12.8. The third kappa shape index (κ3) is 18.0. The normalized spacial score (nSPS) is 21.1. The molecule has 0 aromatic heterocycles. The summed E-state index contributed by atoms with van der Waals surface area (Å²) in [5.41, 5.74) is 2.71. The number of rotatable bonds is 13. The minimum atomic E-state index is -0.357. The van der Waals surface area contributed by atoms with Crippen molar-refractivity contribution < 1.29 is 29.3 Å². The largest absolute Gasteiger partial charge is 0.465 e. The van der Waals surface area contributed by atoms with Crippen molar-refractivity contribution in [2.24, 2.45) is 11.8 Å². The number of benzene rings is 2. The van der Waals surface area contributed by atoms with Gasteiger partial charge in [0.15, 0.2) is 0 Å². The van der Waals surface area contributed by atoms with Crippen molar-refractivity contribution >= 4 is 39.5 Å². The van der Waals surface area contributed by atoms with Crippen LogP contribution in [0, 0.1) is 11.8 Å². The van der Waals surface area contributed by atoms with Gasteiger partial charge in [0.2, 0.25) is 0 Å². The van der Waals surface area contributed by atoms with E-state index in [2.05, 4.69) is 111 Å². The van der Waals surface area contributed by atoms with Crippen molar-refractivity contribution in [3.05, 3.63) is 71.8 Å². The number of hydrogen-bond donors (Lipinski definition) is 3. The van der Waals surface area contributed by atoms with Crippen LogP contribution in [-0.2, 0) is 19.1 Å². The molecule has 0 radical (unpaired) electrons. The minimum absolute atomic E-state index is 0.0478. The molecule has 2 aliphatic carbocycles. The Kier molecular flexibility index (Phi) is 26.3. The SMILES string of the molecule is CCN([C@@H](C)c1ccccc1)[C@H]1CCCC[C@@H]1CO.CCOC(=O)CBr.CCOC(=O)CCl.C[C@H](N[C@H]1CCCC[C@@H]1CO)c1ccccc1. The number of alkyl halides is 2. The molecule has 2 aromatic rings. The lowest BCUT2D eigenvalue weighted by atomic mass is 9.83. The van der Waals surface area contributed by atoms with E-state index in [-0.39, 0.29) is 17.8 Å². The van der Waals surface area contributed by atoms with E-state index in [9.17, 15) is 19.8 Å². The molecule has 0 unspecified atom stereocenters. The fraction of sp³-hybridized carbons (Fsp3) is 0.650. The average Bonchev–Trinajstić information content (AvgIpc) is 3.17. The number of ether oxygens (including phenoxy) is 2. The molecule has 6 atom stereocenters. The maximum absolute atomic E-state index is 10.1. The highest BCUT2D eigenvalue weighted by molar-refractivity contribution is 9.09. The van der Waals surface area contributed by atoms with Crippen LogP contribution in [0.25, 0.3) is 0 Å². The number of aliphatic hydroxyl groups is 2. The van der Waals surface area contributed by atoms with Crippen LogP contribution in [0.4, 0.5) is 0 Å². The highest BCUT2D eigenvalue weighted by atomic mass is 79.9. The van der Waals surface area contributed by atoms with Crippen molar-refractivity contribution in [2.45, 2.75) is 110 Å². The van der Waals surface area contributed by atoms with E-state index >= 15 is 0 Å². The van der Waals surface area contributed by atoms with Crippen molar-refractivity contribution in [2.75, 3.05) is 44.2 Å². The molecule has 0 aliphatic heterocycles. The summed E-state index contributed by atoms with van der Waals surface area (Å²) in [6.07, 6.45) is 9.91. The van der Waals surface area contributed by atoms with Gasteiger partial charge < -0.3 is 25.0 Å². The van der Waals surface area contributed by atoms with Gasteiger partial charge >= 0.3 is 11.9 Å². The number of nitrogens with zero attached hydrogens (tertiary/aromatic N) is 1. The highest BCUT2D eigenvalue weighted by Gasteiger charge is 2.31. The number of hydrogen-bond acceptors (Lipinski definition) is 8. The van der Waals surface area contributed by atoms with E-state index in [4.69, 9.17) is 11.6 Å². The third-order valence-electron chi connectivity index (χ3n) is 9.41. The fourth-order valence-electron chi connectivity index (χ4n) is 6.76. The first-order chi connectivity index (χ1) is 24.2. The average molecular weight is 784 g/mol. The Labute approximate surface area is 315 Å². The molecule has 8 nitrogen and oxygen atoms in total. The van der Waals surface area contributed by atoms with Gasteiger partial charge in [-0.3, -0.25) is 14.5 Å². The number of carbonyl (C=O) groups excluding carboxylic acids is 2. The van der Waals surface area contributed by atoms with Crippen molar-refractivity contribution in [3.63, 3.8) is 0 Å². The smallest absolute Gasteiger partial charge is 0.320 e. The molecule has 10 heteroatoms. The number of halogens is 2. The van der Waals surface area contributed by atoms with E-state index in [1.54, 1.807) is 13.8 Å². The monoisotopic (exact) mass is 782 g/mol. The number of esters is 2. The predicted molar refractivity (Wildman–Crippen MR) is 209 cm³/mol. The summed E-state index contributed by atoms with van der Waals surface area (Å²) in [5, 5.41) is 23.0. The van der Waals surface area contributed by atoms with Crippen LogP contribution < -0.4 is 5.32 Å². The highest BCUT2D eigenvalue weighted by Crippen LogP contribution is 2.33. The lowest BCUT2D eigenvalue weighted by Crippen LogP contribution is -2.44. The summed E-state index contributed by atoms with van der Waals surface area (Å²) in [6, 6.07) is 23.1. The van der Waals surface area contributed by atoms with Crippen molar-refractivity contribution in [3.8, 4) is 0 Å². The summed E-state index contributed by atoms with van der Waals surface area (Å²) in [7, 11) is 0. The standard InChI is InChI=1S/C17H27NO.C15H23NO.C4H7BrO2.C4H7ClO2/c1-3-18(14(2)15-9-5-4-6-10-15)17-12-8-7-11-16(17)13-19;1-12(13-7-3-2-4-8-13)16-15-10-6-5-9-14(15)11-17;2*1-2-7-4(6)3-5/h4-6,9-10,14,16-17,19H,3,7-8,11-13H2,1-2H3;2-4,7-8,12,14-17H,5-6,9-11H2,1H3;2*2-3H2,1H3/t14-,16+,17-;12-,14+,15-;;/m00../s1. The summed E-state index contributed by atoms with van der Waals surface area (Å²) in [4.78, 5) is 22.8. The van der Waals surface area contributed by atoms with Crippen molar-refractivity contribution in [1.29, 1.82) is 0 Å². The molecule has 0 saturated heterocycles. The molecule has 2 aliphatic rings. The molecule has 4 rings (SSSR count). The first kappa shape index (κ1) is 46.0. The predicted octanol–water partition coefficient (Wildman–Crippen LogP) is 8.24. The van der Waals surface area contributed by atoms with Gasteiger partial charge in [-0.2, -0.15) is 0 Å². The summed E-state index contributed by atoms with van der Waals surface area (Å²) in [5.74, 6) is 0.287. The van der Waals surface area contributed by atoms with E-state index in [0.29, 0.717) is 67.8 Å². The van der Waals surface area contributed by atoms with Gasteiger partial charge in [-0.15, -0.1) is 11.6 Å². The molecule has 0 amide bonds. The van der Waals surface area contributed by atoms with Crippen LogP contribution >= 0.6 is 27.5 Å². The lowest BCUT2D eigenvalue weighted by Gasteiger charge is -2.42. The molecule has 2 fully saturated rings. The zero-order valence-corrected chi connectivity index (χ0v) is 33.4. The molecule has 284 valence electrons. The number of nitrogens with one attached hydrogen (secondary N) is 1. The topological polar surface area (TPSA) is 108 Å². The Bertz CT molecular complexity index is 1110. The summed E-state index contributed by atoms with van der Waals surface area (Å²) >= 11 is 8.00. The molecular weight excluding hydrogens is 720 g/mol. The second-order valence-corrected chi connectivity index (χ2v) is 13.5. The molecule has 50 heavy (non-hydrogen) atoms. The molecule has 2 saturated carbocycles. The zero-order chi connectivity index (χ0) is 37.1. The molecule has 0 bridgehead atoms. The van der Waals surface area contributed by atoms with Gasteiger partial charge in [-0.05, 0) is 82.9 Å². The molecule has 0 spiro atoms. The van der Waals surface area contributed by atoms with Crippen LogP contribution in [0.1, 0.15) is 109 Å². The van der Waals surface area contributed by atoms with Gasteiger partial charge in [0, 0.05) is 37.4 Å². The molecule has 2 aromatic carbocycles. The van der Waals surface area contributed by atoms with Crippen LogP contribution in [-0.4, -0.2) is 83.3 Å². The fourth-order valence-corrected chi connectivity index (χ4v) is 7.00. The van der Waals surface area contributed by atoms with Crippen LogP contribution in [0.2, 0.25) is 0 Å². The maximum Gasteiger partial charge on any atom is 0.320 e. The Morgan fingerprint density at radius 1 is 0.800 bits per heavy atom. The zero-order valence-electron chi connectivity index (χ0n) is 31.1. The van der Waals surface area contributed by atoms with Gasteiger partial charge in [0.1, 0.15) is 11.2 Å². The number of aliphatic hydroxyl groups excluding tert-OH is 2. The Morgan fingerprint density at radius 2 is 1.30 bits per heavy atom. The molecular formula is C40H64BrClN2O6. The van der Waals surface area contributed by atoms with Crippen molar-refractivity contribution in [1.82, 2.24) is 10.2 Å². The summed E-state index contributed by atoms with van der Waals surface area (Å²) < 4.78 is 8.93. The Morgan fingerprint density at radius 3 is 1.76 bits per heavy atom. The van der Waals surface area contributed by atoms with E-state index in [0.717, 1.165) is 13.0 Å². The van der Waals surface area contributed by atoms with Gasteiger partial charge in [0.05, 0.1) is 13.2 Å². The van der Waals surface area contributed by atoms with Gasteiger partial charge in [-0.1, -0.05) is 109 Å². The molecule has 0 heterocycles. The minimum Gasteiger partial charge on any atom is -0.465 e. The van der Waals surface area contributed by atoms with Crippen LogP contribution in [0.3, 0.4) is 0 Å².